The minimum Gasteiger partial charge on any atom is -0.381 e. The molecule has 1 atom stereocenters. The molecule has 0 aliphatic carbocycles. The van der Waals surface area contributed by atoms with Gasteiger partial charge < -0.3 is 20.7 Å². The summed E-state index contributed by atoms with van der Waals surface area (Å²) < 4.78 is 8.76. The maximum Gasteiger partial charge on any atom is 0.260 e. The van der Waals surface area contributed by atoms with Crippen molar-refractivity contribution in [2.45, 2.75) is 13.0 Å². The van der Waals surface area contributed by atoms with E-state index in [9.17, 15) is 9.59 Å². The molecule has 1 unspecified atom stereocenters. The molecule has 3 N–H and O–H groups in total. The first kappa shape index (κ1) is 22.3. The maximum atomic E-state index is 13.1. The summed E-state index contributed by atoms with van der Waals surface area (Å²) in [5.74, 6) is -0.360. The molecule has 0 saturated carbocycles. The van der Waals surface area contributed by atoms with E-state index in [1.165, 1.54) is 11.3 Å². The Balaban J connectivity index is 1.27. The van der Waals surface area contributed by atoms with Gasteiger partial charge in [0.2, 0.25) is 5.91 Å². The number of amides is 2. The molecule has 0 bridgehead atoms. The van der Waals surface area contributed by atoms with Gasteiger partial charge in [0.1, 0.15) is 4.83 Å². The highest BCUT2D eigenvalue weighted by Crippen LogP contribution is 2.30. The fraction of sp³-hybridized carbons (Fsp3) is 0.364. The van der Waals surface area contributed by atoms with Crippen LogP contribution in [0.15, 0.2) is 48.5 Å². The van der Waals surface area contributed by atoms with Crippen LogP contribution in [0.25, 0.3) is 15.3 Å². The highest BCUT2D eigenvalue weighted by atomic mass is 32.1. The summed E-state index contributed by atoms with van der Waals surface area (Å²) in [4.78, 5) is 29.3. The Kier molecular flexibility index (Phi) is 6.18. The zero-order chi connectivity index (χ0) is 23.7. The zero-order valence-electron chi connectivity index (χ0n) is 18.9. The Morgan fingerprint density at radius 1 is 1.21 bits per heavy atom. The molecule has 1 fully saturated rings. The second kappa shape index (κ2) is 9.41. The first-order valence-electron chi connectivity index (χ1n) is 11.0. The Morgan fingerprint density at radius 3 is 2.79 bits per heavy atom. The van der Waals surface area contributed by atoms with E-state index in [1.54, 1.807) is 33.9 Å². The first-order valence-corrected chi connectivity index (χ1v) is 11.8. The number of fused-ring (bicyclic) bond motifs is 1. The standard InChI is InChI=1S/C22H26N8O3S/c1-14-18(7-16(9-23-14)26-20(31)13-29-3-5-33-6-4-29)27-21(32)17-10-25-30-12-19(34-22(17)30)15-8-24-28(2)11-15/h7-12,14,23H,3-6,13H2,1-2H3,(H,26,31)(H,27,32). The van der Waals surface area contributed by atoms with Crippen molar-refractivity contribution in [3.63, 3.8) is 0 Å². The number of carbonyl (C=O) groups is 2. The molecule has 34 heavy (non-hydrogen) atoms. The zero-order valence-corrected chi connectivity index (χ0v) is 19.8. The summed E-state index contributed by atoms with van der Waals surface area (Å²) in [6.07, 6.45) is 10.7. The molecule has 2 aliphatic rings. The average Bonchev–Trinajstić information content (AvgIpc) is 3.52. The minimum absolute atomic E-state index is 0.105. The van der Waals surface area contributed by atoms with Crippen LogP contribution in [-0.2, 0) is 16.6 Å². The number of carbonyl (C=O) groups excluding carboxylic acids is 2. The van der Waals surface area contributed by atoms with E-state index < -0.39 is 0 Å². The first-order chi connectivity index (χ1) is 16.5. The summed E-state index contributed by atoms with van der Waals surface area (Å²) in [5, 5.41) is 17.6. The molecule has 0 radical (unpaired) electrons. The van der Waals surface area contributed by atoms with Gasteiger partial charge in [-0.25, -0.2) is 4.52 Å². The predicted molar refractivity (Wildman–Crippen MR) is 127 cm³/mol. The van der Waals surface area contributed by atoms with Crippen molar-refractivity contribution in [2.24, 2.45) is 7.05 Å². The van der Waals surface area contributed by atoms with Gasteiger partial charge >= 0.3 is 0 Å². The molecule has 2 aliphatic heterocycles. The van der Waals surface area contributed by atoms with Gasteiger partial charge in [0.05, 0.1) is 54.3 Å². The summed E-state index contributed by atoms with van der Waals surface area (Å²) >= 11 is 1.48. The lowest BCUT2D eigenvalue weighted by molar-refractivity contribution is -0.122. The third-order valence-corrected chi connectivity index (χ3v) is 6.87. The second-order valence-corrected chi connectivity index (χ2v) is 9.32. The van der Waals surface area contributed by atoms with Crippen molar-refractivity contribution in [2.75, 3.05) is 32.8 Å². The van der Waals surface area contributed by atoms with Gasteiger partial charge in [-0.05, 0) is 13.0 Å². The number of aromatic nitrogens is 4. The molecule has 1 saturated heterocycles. The van der Waals surface area contributed by atoms with Crippen molar-refractivity contribution in [1.82, 2.24) is 40.2 Å². The Hall–Kier alpha value is -3.48. The van der Waals surface area contributed by atoms with E-state index in [0.717, 1.165) is 28.4 Å². The number of allylic oxidation sites excluding steroid dienone is 1. The van der Waals surface area contributed by atoms with E-state index in [2.05, 4.69) is 31.0 Å². The fourth-order valence-electron chi connectivity index (χ4n) is 3.84. The van der Waals surface area contributed by atoms with Gasteiger partial charge in [0.25, 0.3) is 5.91 Å². The van der Waals surface area contributed by atoms with E-state index in [4.69, 9.17) is 4.74 Å². The Labute approximate surface area is 200 Å². The maximum absolute atomic E-state index is 13.1. The number of dihydropyridines is 1. The number of nitrogens with zero attached hydrogens (tertiary/aromatic N) is 5. The molecule has 3 aromatic rings. The highest BCUT2D eigenvalue weighted by Gasteiger charge is 2.22. The fourth-order valence-corrected chi connectivity index (χ4v) is 4.87. The molecule has 178 valence electrons. The third kappa shape index (κ3) is 4.74. The third-order valence-electron chi connectivity index (χ3n) is 5.71. The van der Waals surface area contributed by atoms with Crippen molar-refractivity contribution in [3.05, 3.63) is 54.0 Å². The largest absolute Gasteiger partial charge is 0.381 e. The van der Waals surface area contributed by atoms with Crippen LogP contribution in [0.5, 0.6) is 0 Å². The van der Waals surface area contributed by atoms with Crippen LogP contribution >= 0.6 is 11.3 Å². The minimum atomic E-state index is -0.254. The summed E-state index contributed by atoms with van der Waals surface area (Å²) in [6, 6.07) is -0.121. The van der Waals surface area contributed by atoms with Gasteiger partial charge in [0.15, 0.2) is 0 Å². The SMILES string of the molecule is CC1NC=C(NC(=O)CN2CCOCC2)C=C1NC(=O)c1cnn2cc(-c3cnn(C)c3)sc12. The molecule has 5 rings (SSSR count). The van der Waals surface area contributed by atoms with Crippen LogP contribution in [0.3, 0.4) is 0 Å². The molecular formula is C22H26N8O3S. The molecular weight excluding hydrogens is 456 g/mol. The molecule has 11 nitrogen and oxygen atoms in total. The summed E-state index contributed by atoms with van der Waals surface area (Å²) in [5.41, 5.74) is 2.72. The number of nitrogens with one attached hydrogen (secondary N) is 3. The topological polar surface area (TPSA) is 118 Å². The van der Waals surface area contributed by atoms with E-state index in [0.29, 0.717) is 36.7 Å². The number of ether oxygens (including phenoxy) is 1. The lowest BCUT2D eigenvalue weighted by Crippen LogP contribution is -2.44. The molecule has 12 heteroatoms. The smallest absolute Gasteiger partial charge is 0.260 e. The van der Waals surface area contributed by atoms with Crippen LogP contribution in [0.4, 0.5) is 0 Å². The Morgan fingerprint density at radius 2 is 2.03 bits per heavy atom. The summed E-state index contributed by atoms with van der Waals surface area (Å²) in [7, 11) is 1.86. The monoisotopic (exact) mass is 482 g/mol. The number of hydrogen-bond acceptors (Lipinski definition) is 8. The van der Waals surface area contributed by atoms with Crippen molar-refractivity contribution in [1.29, 1.82) is 0 Å². The number of thiazole rings is 1. The van der Waals surface area contributed by atoms with Crippen molar-refractivity contribution in [3.8, 4) is 10.4 Å². The molecule has 5 heterocycles. The quantitative estimate of drug-likeness (QED) is 0.473. The van der Waals surface area contributed by atoms with Crippen LogP contribution < -0.4 is 16.0 Å². The summed E-state index contributed by atoms with van der Waals surface area (Å²) in [6.45, 7) is 5.00. The van der Waals surface area contributed by atoms with Gasteiger partial charge in [0, 0.05) is 50.0 Å². The van der Waals surface area contributed by atoms with E-state index in [-0.39, 0.29) is 17.9 Å². The molecule has 0 aromatic carbocycles. The normalized spacial score (nSPS) is 18.8. The van der Waals surface area contributed by atoms with Crippen LogP contribution in [0, 0.1) is 0 Å². The van der Waals surface area contributed by atoms with Crippen molar-refractivity contribution < 1.29 is 14.3 Å². The lowest BCUT2D eigenvalue weighted by atomic mass is 10.1. The number of aryl methyl sites for hydroxylation is 1. The number of morpholine rings is 1. The predicted octanol–water partition coefficient (Wildman–Crippen LogP) is 0.692. The molecule has 3 aromatic heterocycles. The van der Waals surface area contributed by atoms with Crippen molar-refractivity contribution >= 4 is 28.0 Å². The number of hydrogen-bond donors (Lipinski definition) is 3. The van der Waals surface area contributed by atoms with E-state index in [1.807, 2.05) is 26.4 Å². The average molecular weight is 483 g/mol. The van der Waals surface area contributed by atoms with E-state index >= 15 is 0 Å². The Bertz CT molecular complexity index is 1280. The van der Waals surface area contributed by atoms with Crippen LogP contribution in [0.1, 0.15) is 17.3 Å². The second-order valence-electron chi connectivity index (χ2n) is 8.28. The highest BCUT2D eigenvalue weighted by molar-refractivity contribution is 7.21. The van der Waals surface area contributed by atoms with Gasteiger partial charge in [-0.15, -0.1) is 11.3 Å². The van der Waals surface area contributed by atoms with Gasteiger partial charge in [-0.1, -0.05) is 0 Å². The lowest BCUT2D eigenvalue weighted by Gasteiger charge is -2.27. The molecule has 0 spiro atoms. The number of rotatable bonds is 6. The van der Waals surface area contributed by atoms with Gasteiger partial charge in [-0.2, -0.15) is 10.2 Å². The van der Waals surface area contributed by atoms with Crippen LogP contribution in [-0.4, -0.2) is 75.0 Å². The van der Waals surface area contributed by atoms with Gasteiger partial charge in [-0.3, -0.25) is 19.2 Å². The van der Waals surface area contributed by atoms with Crippen LogP contribution in [0.2, 0.25) is 0 Å². The molecule has 2 amide bonds.